The van der Waals surface area contributed by atoms with E-state index in [1.54, 1.807) is 37.3 Å². The van der Waals surface area contributed by atoms with Gasteiger partial charge in [0.1, 0.15) is 27.6 Å². The van der Waals surface area contributed by atoms with Crippen LogP contribution in [0, 0.1) is 6.92 Å². The monoisotopic (exact) mass is 413 g/mol. The van der Waals surface area contributed by atoms with Gasteiger partial charge in [-0.25, -0.2) is 18.4 Å². The number of benzene rings is 1. The third-order valence-corrected chi connectivity index (χ3v) is 7.64. The van der Waals surface area contributed by atoms with E-state index in [4.69, 9.17) is 10.5 Å². The Hall–Kier alpha value is -2.65. The van der Waals surface area contributed by atoms with Crippen LogP contribution >= 0.6 is 0 Å². The minimum Gasteiger partial charge on any atom is -0.384 e. The van der Waals surface area contributed by atoms with Crippen molar-refractivity contribution >= 4 is 32.5 Å². The van der Waals surface area contributed by atoms with E-state index in [1.807, 2.05) is 0 Å². The van der Waals surface area contributed by atoms with E-state index in [0.717, 1.165) is 19.3 Å². The molecule has 0 amide bonds. The molecule has 0 spiro atoms. The average molecular weight is 414 g/mol. The highest BCUT2D eigenvalue weighted by atomic mass is 32.2. The Kier molecular flexibility index (Phi) is 4.25. The summed E-state index contributed by atoms with van der Waals surface area (Å²) in [5.41, 5.74) is 7.09. The summed E-state index contributed by atoms with van der Waals surface area (Å²) < 4.78 is 32.6. The van der Waals surface area contributed by atoms with Crippen molar-refractivity contribution in [1.29, 1.82) is 0 Å². The number of nitrogens with zero attached hydrogens (tertiary/aromatic N) is 3. The molecule has 2 fully saturated rings. The Labute approximate surface area is 169 Å². The van der Waals surface area contributed by atoms with Crippen LogP contribution in [-0.4, -0.2) is 48.7 Å². The molecule has 1 saturated carbocycles. The first-order valence-electron chi connectivity index (χ1n) is 9.81. The predicted molar refractivity (Wildman–Crippen MR) is 110 cm³/mol. The van der Waals surface area contributed by atoms with Crippen LogP contribution in [0.25, 0.3) is 11.0 Å². The number of aromatic nitrogens is 3. The highest BCUT2D eigenvalue weighted by Crippen LogP contribution is 2.39. The largest absolute Gasteiger partial charge is 0.384 e. The fourth-order valence-corrected chi connectivity index (χ4v) is 6.04. The van der Waals surface area contributed by atoms with E-state index < -0.39 is 9.84 Å². The topological polar surface area (TPSA) is 114 Å². The maximum Gasteiger partial charge on any atom is 0.212 e. The first-order chi connectivity index (χ1) is 14.0. The highest BCUT2D eigenvalue weighted by Gasteiger charge is 2.38. The van der Waals surface area contributed by atoms with Crippen LogP contribution in [0.5, 0.6) is 0 Å². The van der Waals surface area contributed by atoms with Gasteiger partial charge in [0, 0.05) is 6.54 Å². The zero-order valence-corrected chi connectivity index (χ0v) is 16.9. The van der Waals surface area contributed by atoms with Crippen LogP contribution in [0.1, 0.15) is 25.1 Å². The number of nitrogens with two attached hydrogens (primary N) is 1. The Balaban J connectivity index is 1.71. The number of nitrogen functional groups attached to an aromatic ring is 1. The third kappa shape index (κ3) is 2.87. The fraction of sp³-hybridized carbons (Fsp3) is 0.400. The van der Waals surface area contributed by atoms with Gasteiger partial charge < -0.3 is 20.4 Å². The van der Waals surface area contributed by atoms with Crippen molar-refractivity contribution in [3.8, 4) is 0 Å². The molecule has 3 heterocycles. The number of ether oxygens (including phenoxy) is 1. The molecule has 2 aliphatic rings. The third-order valence-electron chi connectivity index (χ3n) is 5.80. The first-order valence-corrected chi connectivity index (χ1v) is 11.3. The van der Waals surface area contributed by atoms with Crippen molar-refractivity contribution in [1.82, 2.24) is 15.0 Å². The van der Waals surface area contributed by atoms with Crippen molar-refractivity contribution < 1.29 is 13.2 Å². The van der Waals surface area contributed by atoms with E-state index >= 15 is 0 Å². The molecule has 5 rings (SSSR count). The lowest BCUT2D eigenvalue weighted by molar-refractivity contribution is 0.0254. The molecule has 0 radical (unpaired) electrons. The molecule has 3 N–H and O–H groups in total. The van der Waals surface area contributed by atoms with Crippen LogP contribution < -0.4 is 10.6 Å². The van der Waals surface area contributed by atoms with Gasteiger partial charge in [-0.15, -0.1) is 0 Å². The van der Waals surface area contributed by atoms with Gasteiger partial charge in [-0.1, -0.05) is 18.2 Å². The molecule has 0 bridgehead atoms. The Morgan fingerprint density at radius 1 is 1.21 bits per heavy atom. The first kappa shape index (κ1) is 18.4. The van der Waals surface area contributed by atoms with Crippen LogP contribution in [0.3, 0.4) is 0 Å². The van der Waals surface area contributed by atoms with Crippen molar-refractivity contribution in [3.63, 3.8) is 0 Å². The van der Waals surface area contributed by atoms with Gasteiger partial charge in [0.25, 0.3) is 0 Å². The molecule has 29 heavy (non-hydrogen) atoms. The van der Waals surface area contributed by atoms with Gasteiger partial charge in [-0.2, -0.15) is 0 Å². The quantitative estimate of drug-likeness (QED) is 0.678. The van der Waals surface area contributed by atoms with E-state index in [9.17, 15) is 8.42 Å². The number of hydrogen-bond donors (Lipinski definition) is 2. The molecule has 152 valence electrons. The number of anilines is 2. The Morgan fingerprint density at radius 2 is 2.00 bits per heavy atom. The Morgan fingerprint density at radius 3 is 2.79 bits per heavy atom. The summed E-state index contributed by atoms with van der Waals surface area (Å²) >= 11 is 0. The molecule has 1 aliphatic carbocycles. The second-order valence-electron chi connectivity index (χ2n) is 7.60. The second kappa shape index (κ2) is 6.70. The van der Waals surface area contributed by atoms with Crippen LogP contribution in [0.4, 0.5) is 11.6 Å². The molecule has 1 aromatic carbocycles. The molecule has 2 aromatic heterocycles. The SMILES string of the molecule is Cc1nc(N2CCOC3CCCC32)c2[nH]c(N)c(S(=O)(=O)c3ccccc3)c2n1. The number of rotatable bonds is 3. The number of nitrogens with one attached hydrogen (secondary N) is 1. The average Bonchev–Trinajstić information content (AvgIpc) is 3.31. The van der Waals surface area contributed by atoms with Gasteiger partial charge in [0.05, 0.1) is 23.6 Å². The number of sulfone groups is 1. The lowest BCUT2D eigenvalue weighted by atomic mass is 10.1. The molecule has 2 atom stereocenters. The van der Waals surface area contributed by atoms with Crippen molar-refractivity contribution in [2.24, 2.45) is 0 Å². The number of fused-ring (bicyclic) bond motifs is 2. The fourth-order valence-electron chi connectivity index (χ4n) is 4.54. The zero-order valence-electron chi connectivity index (χ0n) is 16.1. The van der Waals surface area contributed by atoms with Gasteiger partial charge in [-0.3, -0.25) is 0 Å². The molecule has 8 nitrogen and oxygen atoms in total. The molecular weight excluding hydrogens is 390 g/mol. The summed E-state index contributed by atoms with van der Waals surface area (Å²) in [6, 6.07) is 8.52. The maximum atomic E-state index is 13.3. The number of aromatic amines is 1. The summed E-state index contributed by atoms with van der Waals surface area (Å²) in [6.07, 6.45) is 3.36. The van der Waals surface area contributed by atoms with Crippen LogP contribution in [-0.2, 0) is 14.6 Å². The van der Waals surface area contributed by atoms with Crippen molar-refractivity contribution in [2.75, 3.05) is 23.8 Å². The molecule has 9 heteroatoms. The molecular formula is C20H23N5O3S. The van der Waals surface area contributed by atoms with Crippen molar-refractivity contribution in [2.45, 2.75) is 48.1 Å². The smallest absolute Gasteiger partial charge is 0.212 e. The number of morpholine rings is 1. The summed E-state index contributed by atoms with van der Waals surface area (Å²) in [6.45, 7) is 3.10. The van der Waals surface area contributed by atoms with E-state index in [1.165, 1.54) is 0 Å². The Bertz CT molecular complexity index is 1180. The van der Waals surface area contributed by atoms with Crippen LogP contribution in [0.2, 0.25) is 0 Å². The minimum atomic E-state index is -3.82. The number of H-pyrrole nitrogens is 1. The maximum absolute atomic E-state index is 13.3. The minimum absolute atomic E-state index is 0.0154. The zero-order chi connectivity index (χ0) is 20.2. The standard InChI is InChI=1S/C20H23N5O3S/c1-12-22-16-17(20(23-12)25-10-11-28-15-9-5-8-14(15)25)24-19(21)18(16)29(26,27)13-6-3-2-4-7-13/h2-4,6-7,14-15,24H,5,8-11,21H2,1H3. The van der Waals surface area contributed by atoms with Crippen LogP contribution in [0.15, 0.2) is 40.1 Å². The molecule has 1 aliphatic heterocycles. The normalized spacial score (nSPS) is 22.2. The van der Waals surface area contributed by atoms with E-state index in [2.05, 4.69) is 19.9 Å². The van der Waals surface area contributed by atoms with Gasteiger partial charge in [0.15, 0.2) is 5.82 Å². The highest BCUT2D eigenvalue weighted by molar-refractivity contribution is 7.92. The number of hydrogen-bond acceptors (Lipinski definition) is 7. The van der Waals surface area contributed by atoms with Gasteiger partial charge in [0.2, 0.25) is 9.84 Å². The van der Waals surface area contributed by atoms with Gasteiger partial charge in [-0.05, 0) is 38.3 Å². The lowest BCUT2D eigenvalue weighted by Gasteiger charge is -2.38. The van der Waals surface area contributed by atoms with Gasteiger partial charge >= 0.3 is 0 Å². The molecule has 3 aromatic rings. The summed E-state index contributed by atoms with van der Waals surface area (Å²) in [5, 5.41) is 0. The molecule has 1 saturated heterocycles. The lowest BCUT2D eigenvalue weighted by Crippen LogP contribution is -2.49. The van der Waals surface area contributed by atoms with Crippen molar-refractivity contribution in [3.05, 3.63) is 36.2 Å². The summed E-state index contributed by atoms with van der Waals surface area (Å²) in [4.78, 5) is 14.6. The predicted octanol–water partition coefficient (Wildman–Crippen LogP) is 2.44. The second-order valence-corrected chi connectivity index (χ2v) is 9.49. The summed E-state index contributed by atoms with van der Waals surface area (Å²) in [5.74, 6) is 1.30. The molecule has 2 unspecified atom stereocenters. The van der Waals surface area contributed by atoms with E-state index in [-0.39, 0.29) is 27.8 Å². The number of aryl methyl sites for hydroxylation is 1. The van der Waals surface area contributed by atoms with E-state index in [0.29, 0.717) is 35.8 Å². The summed E-state index contributed by atoms with van der Waals surface area (Å²) in [7, 11) is -3.82.